The first-order valence-electron chi connectivity index (χ1n) is 10.3. The second kappa shape index (κ2) is 8.28. The van der Waals surface area contributed by atoms with Gasteiger partial charge in [-0.05, 0) is 42.7 Å². The summed E-state index contributed by atoms with van der Waals surface area (Å²) >= 11 is 0. The van der Waals surface area contributed by atoms with Gasteiger partial charge in [-0.2, -0.15) is 17.5 Å². The first kappa shape index (κ1) is 23.5. The largest absolute Gasteiger partial charge is 0.481 e. The quantitative estimate of drug-likeness (QED) is 0.670. The number of carboxylic acid groups (broad SMARTS) is 1. The number of nitrogens with zero attached hydrogens (tertiary/aromatic N) is 2. The number of sulfonamides is 1. The fourth-order valence-electron chi connectivity index (χ4n) is 4.79. The van der Waals surface area contributed by atoms with Crippen molar-refractivity contribution < 1.29 is 35.9 Å². The first-order chi connectivity index (χ1) is 15.4. The van der Waals surface area contributed by atoms with Crippen molar-refractivity contribution in [3.05, 3.63) is 65.0 Å². The molecule has 2 aliphatic rings. The minimum atomic E-state index is -4.80. The Morgan fingerprint density at radius 3 is 2.42 bits per heavy atom. The molecule has 1 heterocycles. The van der Waals surface area contributed by atoms with Crippen LogP contribution in [0, 0.1) is 5.82 Å². The van der Waals surface area contributed by atoms with E-state index in [4.69, 9.17) is 0 Å². The molecule has 2 unspecified atom stereocenters. The third-order valence-electron chi connectivity index (χ3n) is 6.35. The number of piperazine rings is 1. The zero-order valence-corrected chi connectivity index (χ0v) is 18.4. The van der Waals surface area contributed by atoms with Crippen molar-refractivity contribution in [3.63, 3.8) is 0 Å². The summed E-state index contributed by atoms with van der Waals surface area (Å²) < 4.78 is 80.8. The van der Waals surface area contributed by atoms with Gasteiger partial charge >= 0.3 is 12.1 Å². The number of hydrogen-bond acceptors (Lipinski definition) is 4. The monoisotopic (exact) mass is 486 g/mol. The van der Waals surface area contributed by atoms with Crippen LogP contribution in [-0.2, 0) is 27.4 Å². The molecule has 178 valence electrons. The van der Waals surface area contributed by atoms with Gasteiger partial charge in [-0.25, -0.2) is 12.8 Å². The molecule has 1 fully saturated rings. The minimum absolute atomic E-state index is 0.00528. The van der Waals surface area contributed by atoms with Crippen molar-refractivity contribution in [1.29, 1.82) is 0 Å². The Kier molecular flexibility index (Phi) is 5.90. The first-order valence-corrected chi connectivity index (χ1v) is 11.8. The van der Waals surface area contributed by atoms with Crippen LogP contribution in [-0.4, -0.2) is 54.7 Å². The van der Waals surface area contributed by atoms with Crippen LogP contribution in [0.5, 0.6) is 0 Å². The Hall–Kier alpha value is -2.66. The second-order valence-corrected chi connectivity index (χ2v) is 10.5. The molecule has 0 radical (unpaired) electrons. The predicted molar refractivity (Wildman–Crippen MR) is 113 cm³/mol. The van der Waals surface area contributed by atoms with Crippen molar-refractivity contribution in [2.24, 2.45) is 0 Å². The molecule has 2 aromatic carbocycles. The molecule has 4 rings (SSSR count). The lowest BCUT2D eigenvalue weighted by Gasteiger charge is -2.41. The van der Waals surface area contributed by atoms with E-state index < -0.39 is 50.8 Å². The van der Waals surface area contributed by atoms with E-state index in [9.17, 15) is 35.9 Å². The molecule has 1 saturated heterocycles. The highest BCUT2D eigenvalue weighted by Gasteiger charge is 2.49. The summed E-state index contributed by atoms with van der Waals surface area (Å²) in [4.78, 5) is 13.6. The molecule has 1 N–H and O–H groups in total. The molecule has 3 atom stereocenters. The minimum Gasteiger partial charge on any atom is -0.481 e. The van der Waals surface area contributed by atoms with Crippen molar-refractivity contribution in [2.45, 2.75) is 36.7 Å². The third-order valence-corrected chi connectivity index (χ3v) is 8.75. The van der Waals surface area contributed by atoms with E-state index in [0.29, 0.717) is 17.2 Å². The number of carbonyl (C=O) groups is 1. The molecule has 1 aliphatic heterocycles. The highest BCUT2D eigenvalue weighted by molar-refractivity contribution is 7.89. The maximum absolute atomic E-state index is 14.0. The maximum atomic E-state index is 14.0. The molecule has 33 heavy (non-hydrogen) atoms. The molecule has 2 aromatic rings. The van der Waals surface area contributed by atoms with Gasteiger partial charge in [-0.15, -0.1) is 0 Å². The van der Waals surface area contributed by atoms with E-state index >= 15 is 0 Å². The van der Waals surface area contributed by atoms with Gasteiger partial charge in [0, 0.05) is 31.4 Å². The molecule has 6 nitrogen and oxygen atoms in total. The number of halogens is 4. The van der Waals surface area contributed by atoms with Gasteiger partial charge in [0.2, 0.25) is 10.0 Å². The Balaban J connectivity index is 1.55. The van der Waals surface area contributed by atoms with E-state index in [0.717, 1.165) is 12.1 Å². The predicted octanol–water partition coefficient (Wildman–Crippen LogP) is 3.48. The van der Waals surface area contributed by atoms with Crippen LogP contribution in [0.1, 0.15) is 29.5 Å². The van der Waals surface area contributed by atoms with Gasteiger partial charge in [0.25, 0.3) is 0 Å². The SMILES string of the molecule is CC1CN(c2ccc(C(F)(F)F)c(F)c2)CCN1S(=O)(=O)[C@H]1Cc2ccccc2C1C(=O)O. The number of benzene rings is 2. The fourth-order valence-corrected chi connectivity index (χ4v) is 7.04. The smallest absolute Gasteiger partial charge is 0.419 e. The Morgan fingerprint density at radius 1 is 1.12 bits per heavy atom. The lowest BCUT2D eigenvalue weighted by Crippen LogP contribution is -2.56. The molecule has 0 aromatic heterocycles. The molecular formula is C22H22F4N2O4S. The van der Waals surface area contributed by atoms with Crippen LogP contribution in [0.15, 0.2) is 42.5 Å². The zero-order valence-electron chi connectivity index (χ0n) is 17.6. The normalized spacial score (nSPS) is 24.0. The summed E-state index contributed by atoms with van der Waals surface area (Å²) in [6.07, 6.45) is -4.71. The van der Waals surface area contributed by atoms with Crippen molar-refractivity contribution in [3.8, 4) is 0 Å². The standard InChI is InChI=1S/C22H22F4N2O4S/c1-13-12-27(15-6-7-17(18(23)11-15)22(24,25)26)8-9-28(13)33(31,32)19-10-14-4-2-3-5-16(14)20(19)21(29)30/h2-7,11,13,19-20H,8-10,12H2,1H3,(H,29,30)/t13?,19-,20?/m0/s1. The van der Waals surface area contributed by atoms with Gasteiger partial charge in [0.05, 0.1) is 10.8 Å². The molecule has 0 saturated carbocycles. The van der Waals surface area contributed by atoms with Gasteiger partial charge in [0.1, 0.15) is 11.7 Å². The van der Waals surface area contributed by atoms with Crippen molar-refractivity contribution in [1.82, 2.24) is 4.31 Å². The van der Waals surface area contributed by atoms with Crippen LogP contribution >= 0.6 is 0 Å². The molecule has 0 bridgehead atoms. The van der Waals surface area contributed by atoms with E-state index in [-0.39, 0.29) is 31.7 Å². The van der Waals surface area contributed by atoms with E-state index in [1.54, 1.807) is 36.1 Å². The van der Waals surface area contributed by atoms with Crippen LogP contribution in [0.3, 0.4) is 0 Å². The molecule has 1 aliphatic carbocycles. The second-order valence-electron chi connectivity index (χ2n) is 8.37. The van der Waals surface area contributed by atoms with Crippen LogP contribution in [0.4, 0.5) is 23.2 Å². The average molecular weight is 486 g/mol. The number of rotatable bonds is 4. The highest BCUT2D eigenvalue weighted by Crippen LogP contribution is 2.40. The summed E-state index contributed by atoms with van der Waals surface area (Å²) in [5, 5.41) is 8.60. The van der Waals surface area contributed by atoms with E-state index in [2.05, 4.69) is 0 Å². The number of alkyl halides is 3. The molecule has 0 amide bonds. The summed E-state index contributed by atoms with van der Waals surface area (Å²) in [5.74, 6) is -3.78. The molecule has 0 spiro atoms. The third kappa shape index (κ3) is 4.19. The van der Waals surface area contributed by atoms with Gasteiger partial charge in [-0.1, -0.05) is 24.3 Å². The van der Waals surface area contributed by atoms with E-state index in [1.165, 1.54) is 4.31 Å². The highest BCUT2D eigenvalue weighted by atomic mass is 32.2. The molecule has 11 heteroatoms. The van der Waals surface area contributed by atoms with Crippen LogP contribution < -0.4 is 4.90 Å². The topological polar surface area (TPSA) is 77.9 Å². The average Bonchev–Trinajstić information content (AvgIpc) is 3.13. The number of aliphatic carboxylic acids is 1. The maximum Gasteiger partial charge on any atom is 0.419 e. The van der Waals surface area contributed by atoms with Crippen LogP contribution in [0.25, 0.3) is 0 Å². The molecular weight excluding hydrogens is 464 g/mol. The fraction of sp³-hybridized carbons (Fsp3) is 0.409. The number of fused-ring (bicyclic) bond motifs is 1. The Bertz CT molecular complexity index is 1190. The Morgan fingerprint density at radius 2 is 1.82 bits per heavy atom. The van der Waals surface area contributed by atoms with E-state index in [1.807, 2.05) is 0 Å². The lowest BCUT2D eigenvalue weighted by atomic mass is 10.0. The lowest BCUT2D eigenvalue weighted by molar-refractivity contribution is -0.140. The van der Waals surface area contributed by atoms with Crippen LogP contribution in [0.2, 0.25) is 0 Å². The summed E-state index contributed by atoms with van der Waals surface area (Å²) in [7, 11) is -4.01. The zero-order chi connectivity index (χ0) is 24.1. The van der Waals surface area contributed by atoms with Crippen molar-refractivity contribution >= 4 is 21.7 Å². The Labute approximate surface area is 188 Å². The van der Waals surface area contributed by atoms with Gasteiger partial charge in [0.15, 0.2) is 0 Å². The van der Waals surface area contributed by atoms with Gasteiger partial charge < -0.3 is 10.0 Å². The number of carboxylic acids is 1. The number of hydrogen-bond donors (Lipinski definition) is 1. The summed E-state index contributed by atoms with van der Waals surface area (Å²) in [5.41, 5.74) is 0.0391. The number of anilines is 1. The summed E-state index contributed by atoms with van der Waals surface area (Å²) in [6.45, 7) is 1.90. The van der Waals surface area contributed by atoms with Gasteiger partial charge in [-0.3, -0.25) is 4.79 Å². The van der Waals surface area contributed by atoms with Crippen molar-refractivity contribution in [2.75, 3.05) is 24.5 Å². The summed E-state index contributed by atoms with van der Waals surface area (Å²) in [6, 6.07) is 8.81.